The van der Waals surface area contributed by atoms with E-state index in [1.807, 2.05) is 70.2 Å². The average molecular weight is 505 g/mol. The number of aryl methyl sites for hydroxylation is 1. The molecule has 1 amide bonds. The summed E-state index contributed by atoms with van der Waals surface area (Å²) in [4.78, 5) is 18.1. The van der Waals surface area contributed by atoms with E-state index in [9.17, 15) is 15.2 Å². The Bertz CT molecular complexity index is 1560. The summed E-state index contributed by atoms with van der Waals surface area (Å²) in [5, 5.41) is 27.7. The minimum atomic E-state index is -0.555. The number of aromatic nitrogens is 1. The molecule has 0 aliphatic heterocycles. The van der Waals surface area contributed by atoms with E-state index in [1.54, 1.807) is 25.2 Å². The number of pyridine rings is 1. The Balaban J connectivity index is 1.72. The van der Waals surface area contributed by atoms with Gasteiger partial charge in [0.25, 0.3) is 5.91 Å². The van der Waals surface area contributed by atoms with Crippen LogP contribution in [-0.4, -0.2) is 23.0 Å². The summed E-state index contributed by atoms with van der Waals surface area (Å²) in [7, 11) is 1.74. The molecule has 6 nitrogen and oxygen atoms in total. The fourth-order valence-electron chi connectivity index (χ4n) is 4.43. The zero-order valence-corrected chi connectivity index (χ0v) is 22.4. The van der Waals surface area contributed by atoms with Crippen LogP contribution in [0.3, 0.4) is 0 Å². The fourth-order valence-corrected chi connectivity index (χ4v) is 4.43. The van der Waals surface area contributed by atoms with Crippen molar-refractivity contribution in [3.63, 3.8) is 0 Å². The summed E-state index contributed by atoms with van der Waals surface area (Å²) in [6, 6.07) is 25.5. The maximum atomic E-state index is 13.5. The predicted octanol–water partition coefficient (Wildman–Crippen LogP) is 6.59. The van der Waals surface area contributed by atoms with Crippen LogP contribution in [0, 0.1) is 23.7 Å². The van der Waals surface area contributed by atoms with E-state index in [0.29, 0.717) is 33.4 Å². The van der Waals surface area contributed by atoms with Crippen LogP contribution in [-0.2, 0) is 6.42 Å². The molecule has 38 heavy (non-hydrogen) atoms. The van der Waals surface area contributed by atoms with Gasteiger partial charge in [0, 0.05) is 29.2 Å². The lowest BCUT2D eigenvalue weighted by Crippen LogP contribution is -2.31. The standard InChI is InChI=1S/C32H32N4O2/c1-20-11-16-24-28(35-20)27(34-5)18-25(29(24)37)31(38)36-30(32(2,3)4)26(19-33)23-14-12-22(13-15-23)17-21-9-7-6-8-10-21/h6-16,18,34,37H,17H2,1-5H3,(H,36,38). The summed E-state index contributed by atoms with van der Waals surface area (Å²) in [6.45, 7) is 7.69. The maximum absolute atomic E-state index is 13.5. The molecule has 0 radical (unpaired) electrons. The number of phenolic OH excluding ortho intramolecular Hbond substituents is 1. The number of benzene rings is 3. The molecule has 3 aromatic carbocycles. The number of phenols is 1. The van der Waals surface area contributed by atoms with Gasteiger partial charge in [0.2, 0.25) is 0 Å². The third-order valence-electron chi connectivity index (χ3n) is 6.45. The van der Waals surface area contributed by atoms with E-state index in [2.05, 4.69) is 33.8 Å². The van der Waals surface area contributed by atoms with Crippen LogP contribution >= 0.6 is 0 Å². The average Bonchev–Trinajstić information content (AvgIpc) is 2.89. The first-order chi connectivity index (χ1) is 18.1. The summed E-state index contributed by atoms with van der Waals surface area (Å²) in [5.41, 5.74) is 5.47. The van der Waals surface area contributed by atoms with Crippen molar-refractivity contribution in [2.75, 3.05) is 12.4 Å². The zero-order valence-electron chi connectivity index (χ0n) is 22.4. The fraction of sp³-hybridized carbons (Fsp3) is 0.219. The lowest BCUT2D eigenvalue weighted by Gasteiger charge is -2.26. The van der Waals surface area contributed by atoms with Crippen molar-refractivity contribution in [3.8, 4) is 11.8 Å². The summed E-state index contributed by atoms with van der Waals surface area (Å²) >= 11 is 0. The maximum Gasteiger partial charge on any atom is 0.259 e. The highest BCUT2D eigenvalue weighted by atomic mass is 16.3. The second-order valence-electron chi connectivity index (χ2n) is 10.3. The Labute approximate surface area is 223 Å². The summed E-state index contributed by atoms with van der Waals surface area (Å²) in [6.07, 6.45) is 0.791. The smallest absolute Gasteiger partial charge is 0.259 e. The first-order valence-electron chi connectivity index (χ1n) is 12.5. The molecule has 0 aliphatic carbocycles. The lowest BCUT2D eigenvalue weighted by atomic mass is 9.86. The molecule has 0 saturated heterocycles. The van der Waals surface area contributed by atoms with E-state index in [0.717, 1.165) is 17.7 Å². The van der Waals surface area contributed by atoms with Gasteiger partial charge in [-0.15, -0.1) is 0 Å². The van der Waals surface area contributed by atoms with Crippen molar-refractivity contribution in [2.24, 2.45) is 5.41 Å². The lowest BCUT2D eigenvalue weighted by molar-refractivity contribution is 0.0955. The molecule has 1 heterocycles. The van der Waals surface area contributed by atoms with E-state index in [4.69, 9.17) is 0 Å². The Morgan fingerprint density at radius 3 is 2.26 bits per heavy atom. The highest BCUT2D eigenvalue weighted by Crippen LogP contribution is 2.35. The van der Waals surface area contributed by atoms with Crippen LogP contribution in [0.5, 0.6) is 5.75 Å². The third-order valence-corrected chi connectivity index (χ3v) is 6.45. The van der Waals surface area contributed by atoms with Crippen LogP contribution in [0.1, 0.15) is 53.5 Å². The molecule has 0 spiro atoms. The van der Waals surface area contributed by atoms with Gasteiger partial charge in [0.1, 0.15) is 11.8 Å². The van der Waals surface area contributed by atoms with Crippen molar-refractivity contribution in [1.29, 1.82) is 5.26 Å². The van der Waals surface area contributed by atoms with E-state index in [-0.39, 0.29) is 11.3 Å². The number of hydrogen-bond acceptors (Lipinski definition) is 5. The quantitative estimate of drug-likeness (QED) is 0.203. The van der Waals surface area contributed by atoms with Gasteiger partial charge < -0.3 is 15.7 Å². The molecule has 192 valence electrons. The molecule has 0 atom stereocenters. The van der Waals surface area contributed by atoms with Gasteiger partial charge in [-0.1, -0.05) is 75.4 Å². The highest BCUT2D eigenvalue weighted by Gasteiger charge is 2.27. The topological polar surface area (TPSA) is 98.0 Å². The number of nitrogens with zero attached hydrogens (tertiary/aromatic N) is 2. The minimum absolute atomic E-state index is 0.102. The Hall–Kier alpha value is -4.63. The molecule has 4 rings (SSSR count). The molecule has 1 aromatic heterocycles. The van der Waals surface area contributed by atoms with Crippen LogP contribution in [0.2, 0.25) is 0 Å². The molecule has 6 heteroatoms. The number of aromatic hydroxyl groups is 1. The number of rotatable bonds is 6. The van der Waals surface area contributed by atoms with Gasteiger partial charge in [-0.25, -0.2) is 0 Å². The minimum Gasteiger partial charge on any atom is -0.506 e. The van der Waals surface area contributed by atoms with Crippen LogP contribution < -0.4 is 10.6 Å². The molecule has 0 bridgehead atoms. The Morgan fingerprint density at radius 2 is 1.66 bits per heavy atom. The van der Waals surface area contributed by atoms with Crippen LogP contribution in [0.25, 0.3) is 16.5 Å². The number of fused-ring (bicyclic) bond motifs is 1. The van der Waals surface area contributed by atoms with E-state index in [1.165, 1.54) is 5.56 Å². The van der Waals surface area contributed by atoms with E-state index < -0.39 is 11.3 Å². The normalized spacial score (nSPS) is 12.0. The number of hydrogen-bond donors (Lipinski definition) is 3. The van der Waals surface area contributed by atoms with Crippen LogP contribution in [0.15, 0.2) is 78.5 Å². The first-order valence-corrected chi connectivity index (χ1v) is 12.5. The monoisotopic (exact) mass is 504 g/mol. The summed E-state index contributed by atoms with van der Waals surface area (Å²) < 4.78 is 0. The molecule has 0 unspecified atom stereocenters. The van der Waals surface area contributed by atoms with Gasteiger partial charge in [0.05, 0.1) is 22.3 Å². The molecule has 0 aliphatic rings. The Morgan fingerprint density at radius 1 is 1.00 bits per heavy atom. The number of allylic oxidation sites excluding steroid dienone is 2. The zero-order chi connectivity index (χ0) is 27.4. The van der Waals surface area contributed by atoms with Gasteiger partial charge >= 0.3 is 0 Å². The number of amides is 1. The SMILES string of the molecule is CNc1cc(C(=O)NC(=C(C#N)c2ccc(Cc3ccccc3)cc2)C(C)(C)C)c(O)c2ccc(C)nc12. The molecule has 0 fully saturated rings. The molecular formula is C32H32N4O2. The molecule has 3 N–H and O–H groups in total. The first kappa shape index (κ1) is 26.4. The van der Waals surface area contributed by atoms with E-state index >= 15 is 0 Å². The number of carbonyl (C=O) groups is 1. The summed E-state index contributed by atoms with van der Waals surface area (Å²) in [5.74, 6) is -0.652. The number of carbonyl (C=O) groups excluding carboxylic acids is 1. The van der Waals surface area contributed by atoms with Gasteiger partial charge in [-0.2, -0.15) is 5.26 Å². The molecule has 0 saturated carbocycles. The second-order valence-corrected chi connectivity index (χ2v) is 10.3. The van der Waals surface area contributed by atoms with Crippen molar-refractivity contribution in [2.45, 2.75) is 34.1 Å². The molecule has 4 aromatic rings. The number of nitriles is 1. The highest BCUT2D eigenvalue weighted by molar-refractivity contribution is 6.08. The van der Waals surface area contributed by atoms with Crippen molar-refractivity contribution >= 4 is 28.1 Å². The van der Waals surface area contributed by atoms with Gasteiger partial charge in [-0.3, -0.25) is 9.78 Å². The Kier molecular flexibility index (Phi) is 7.50. The van der Waals surface area contributed by atoms with Crippen molar-refractivity contribution in [1.82, 2.24) is 10.3 Å². The molecular weight excluding hydrogens is 472 g/mol. The second kappa shape index (κ2) is 10.8. The third kappa shape index (κ3) is 5.52. The van der Waals surface area contributed by atoms with Crippen molar-refractivity contribution < 1.29 is 9.90 Å². The van der Waals surface area contributed by atoms with Crippen molar-refractivity contribution in [3.05, 3.63) is 106 Å². The van der Waals surface area contributed by atoms with Gasteiger partial charge in [0.15, 0.2) is 0 Å². The number of nitrogens with one attached hydrogen (secondary N) is 2. The van der Waals surface area contributed by atoms with Crippen LogP contribution in [0.4, 0.5) is 5.69 Å². The largest absolute Gasteiger partial charge is 0.506 e. The van der Waals surface area contributed by atoms with Gasteiger partial charge in [-0.05, 0) is 48.2 Å². The predicted molar refractivity (Wildman–Crippen MR) is 153 cm³/mol. The number of anilines is 1.